The van der Waals surface area contributed by atoms with E-state index in [2.05, 4.69) is 15.3 Å². The van der Waals surface area contributed by atoms with Crippen molar-refractivity contribution < 1.29 is 96.2 Å². The lowest BCUT2D eigenvalue weighted by atomic mass is 9.98. The molecule has 9 atom stereocenters. The molecule has 28 heteroatoms. The van der Waals surface area contributed by atoms with Crippen LogP contribution in [0.15, 0.2) is 65.8 Å². The monoisotopic (exact) mass is 1040 g/mol. The highest BCUT2D eigenvalue weighted by Gasteiger charge is 2.53. The van der Waals surface area contributed by atoms with Gasteiger partial charge in [-0.3, -0.25) is 24.0 Å². The van der Waals surface area contributed by atoms with Gasteiger partial charge < -0.3 is 60.7 Å². The Bertz CT molecular complexity index is 2560. The third-order valence-corrected chi connectivity index (χ3v) is 11.1. The SMILES string of the molecule is CC(=O)OC[C@@H]1OC(Oc2ccc(C(=O)NCC(C)OC(C)CN=[N+]=[N-])cc2OS(=O)(=O)Oc2ccc(COc3ccc(CS(=O)O)cc3CS(=O)O)cc2)[C@@H](OC(C)=O)[C@H](OC(C)=O)[C@@H]1OC(C)=O. The molecule has 0 radical (unpaired) electrons. The van der Waals surface area contributed by atoms with E-state index < -0.39 is 123 Å². The van der Waals surface area contributed by atoms with Crippen LogP contribution in [0.5, 0.6) is 23.0 Å². The van der Waals surface area contributed by atoms with Gasteiger partial charge >= 0.3 is 34.3 Å². The third kappa shape index (κ3) is 18.5. The summed E-state index contributed by atoms with van der Waals surface area (Å²) in [4.78, 5) is 65.0. The van der Waals surface area contributed by atoms with Gasteiger partial charge in [0.25, 0.3) is 5.91 Å². The fourth-order valence-electron chi connectivity index (χ4n) is 6.50. The second-order valence-electron chi connectivity index (χ2n) is 15.1. The van der Waals surface area contributed by atoms with Gasteiger partial charge in [0.15, 0.2) is 45.9 Å². The second-order valence-corrected chi connectivity index (χ2v) is 18.1. The van der Waals surface area contributed by atoms with Crippen LogP contribution in [-0.2, 0) is 98.3 Å². The van der Waals surface area contributed by atoms with Crippen LogP contribution in [0, 0.1) is 0 Å². The van der Waals surface area contributed by atoms with E-state index in [1.54, 1.807) is 13.8 Å². The molecule has 3 N–H and O–H groups in total. The fourth-order valence-corrected chi connectivity index (χ4v) is 8.18. The quantitative estimate of drug-likeness (QED) is 0.0272. The number of ether oxygens (including phenoxy) is 8. The number of carbonyl (C=O) groups is 5. The van der Waals surface area contributed by atoms with E-state index in [1.165, 1.54) is 48.5 Å². The van der Waals surface area contributed by atoms with Gasteiger partial charge in [-0.05, 0) is 66.9 Å². The smallest absolute Gasteiger partial charge is 0.489 e. The second kappa shape index (κ2) is 26.6. The van der Waals surface area contributed by atoms with Gasteiger partial charge in [0, 0.05) is 50.3 Å². The van der Waals surface area contributed by atoms with E-state index in [0.29, 0.717) is 16.7 Å². The molecule has 1 amide bonds. The molecule has 382 valence electrons. The van der Waals surface area contributed by atoms with Gasteiger partial charge in [0.2, 0.25) is 12.4 Å². The first-order chi connectivity index (χ1) is 33.0. The van der Waals surface area contributed by atoms with Crippen molar-refractivity contribution in [1.29, 1.82) is 0 Å². The van der Waals surface area contributed by atoms with Crippen molar-refractivity contribution in [1.82, 2.24) is 5.32 Å². The van der Waals surface area contributed by atoms with Crippen LogP contribution >= 0.6 is 0 Å². The molecule has 0 aromatic heterocycles. The first kappa shape index (κ1) is 56.2. The van der Waals surface area contributed by atoms with Crippen molar-refractivity contribution in [2.24, 2.45) is 5.11 Å². The normalized spacial score (nSPS) is 19.3. The number of benzene rings is 3. The summed E-state index contributed by atoms with van der Waals surface area (Å²) in [6.45, 7) is 6.63. The number of esters is 4. The average molecular weight is 1040 g/mol. The highest BCUT2D eigenvalue weighted by Crippen LogP contribution is 2.36. The Kier molecular flexibility index (Phi) is 21.3. The number of nitrogens with one attached hydrogen (secondary N) is 1. The number of hydrogen-bond donors (Lipinski definition) is 3. The lowest BCUT2D eigenvalue weighted by Crippen LogP contribution is -2.63. The molecular formula is C42H50N4O21S3. The van der Waals surface area contributed by atoms with Crippen LogP contribution in [-0.4, -0.2) is 118 Å². The molecule has 5 unspecified atom stereocenters. The van der Waals surface area contributed by atoms with E-state index >= 15 is 0 Å². The molecular weight excluding hydrogens is 993 g/mol. The van der Waals surface area contributed by atoms with Gasteiger partial charge in [-0.15, -0.1) is 8.42 Å². The summed E-state index contributed by atoms with van der Waals surface area (Å²) in [5.74, 6) is -6.14. The van der Waals surface area contributed by atoms with Crippen LogP contribution in [0.1, 0.15) is 68.6 Å². The Labute approximate surface area is 406 Å². The van der Waals surface area contributed by atoms with Crippen LogP contribution in [0.2, 0.25) is 0 Å². The number of hydrogen-bond acceptors (Lipinski definition) is 20. The molecule has 0 bridgehead atoms. The van der Waals surface area contributed by atoms with Gasteiger partial charge in [-0.2, -0.15) is 0 Å². The third-order valence-electron chi connectivity index (χ3n) is 9.22. The Morgan fingerprint density at radius 1 is 0.771 bits per heavy atom. The van der Waals surface area contributed by atoms with E-state index in [4.69, 9.17) is 51.8 Å². The molecule has 1 saturated heterocycles. The van der Waals surface area contributed by atoms with Crippen molar-refractivity contribution in [2.45, 2.75) is 103 Å². The number of amides is 1. The number of carbonyl (C=O) groups excluding carboxylic acids is 5. The molecule has 1 fully saturated rings. The van der Waals surface area contributed by atoms with Crippen molar-refractivity contribution in [2.75, 3.05) is 19.7 Å². The number of nitrogens with zero attached hydrogens (tertiary/aromatic N) is 3. The van der Waals surface area contributed by atoms with Crippen LogP contribution in [0.4, 0.5) is 0 Å². The van der Waals surface area contributed by atoms with Crippen molar-refractivity contribution >= 4 is 62.3 Å². The number of azide groups is 1. The minimum absolute atomic E-state index is 0.0256. The van der Waals surface area contributed by atoms with Crippen LogP contribution in [0.25, 0.3) is 10.4 Å². The molecule has 3 aromatic rings. The summed E-state index contributed by atoms with van der Waals surface area (Å²) < 4.78 is 125. The largest absolute Gasteiger partial charge is 0.501 e. The maximum atomic E-state index is 13.6. The molecule has 0 aliphatic carbocycles. The van der Waals surface area contributed by atoms with Gasteiger partial charge in [-0.1, -0.05) is 29.4 Å². The Morgan fingerprint density at radius 3 is 2.00 bits per heavy atom. The lowest BCUT2D eigenvalue weighted by molar-refractivity contribution is -0.288. The van der Waals surface area contributed by atoms with E-state index in [-0.39, 0.29) is 48.3 Å². The van der Waals surface area contributed by atoms with E-state index in [1.807, 2.05) is 0 Å². The predicted molar refractivity (Wildman–Crippen MR) is 242 cm³/mol. The minimum Gasteiger partial charge on any atom is -0.489 e. The van der Waals surface area contributed by atoms with Gasteiger partial charge in [0.1, 0.15) is 30.8 Å². The molecule has 3 aromatic carbocycles. The molecule has 0 spiro atoms. The standard InChI is InChI=1S/C42H50N4O21S3/c1-23(60-24(2)18-45-46-43)17-44-41(51)31-10-14-35(64-42-40(63-28(6)50)39(62-27(5)49)38(61-26(4)48)37(65-42)20-58-25(3)47)36(16-31)67-70(56,57)66-33-11-7-29(8-12-33)19-59-34-13-9-30(21-68(52)53)15-32(34)22-69(54)55/h7-16,23-24,37-40,42H,17-22H2,1-6H3,(H,44,51)(H,52,53)(H,54,55)/t23?,24?,37-,38+,39+,40-,42?/m0/s1. The predicted octanol–water partition coefficient (Wildman–Crippen LogP) is 3.71. The van der Waals surface area contributed by atoms with Gasteiger partial charge in [0.05, 0.1) is 30.3 Å². The molecule has 70 heavy (non-hydrogen) atoms. The summed E-state index contributed by atoms with van der Waals surface area (Å²) in [6, 6.07) is 13.1. The maximum absolute atomic E-state index is 13.6. The van der Waals surface area contributed by atoms with E-state index in [0.717, 1.165) is 39.8 Å². The average Bonchev–Trinajstić information content (AvgIpc) is 3.25. The summed E-state index contributed by atoms with van der Waals surface area (Å²) >= 11 is -4.43. The zero-order valence-corrected chi connectivity index (χ0v) is 40.7. The zero-order chi connectivity index (χ0) is 51.7. The highest BCUT2D eigenvalue weighted by atomic mass is 32.3. The lowest BCUT2D eigenvalue weighted by Gasteiger charge is -2.43. The van der Waals surface area contributed by atoms with Crippen molar-refractivity contribution in [3.8, 4) is 23.0 Å². The van der Waals surface area contributed by atoms with Crippen molar-refractivity contribution in [3.63, 3.8) is 0 Å². The molecule has 1 aliphatic rings. The van der Waals surface area contributed by atoms with E-state index in [9.17, 15) is 49.9 Å². The summed E-state index contributed by atoms with van der Waals surface area (Å²) in [5, 5.41) is 6.08. The first-order valence-corrected chi connectivity index (χ1v) is 24.6. The Balaban J connectivity index is 1.66. The molecule has 4 rings (SSSR count). The minimum atomic E-state index is -5.15. The highest BCUT2D eigenvalue weighted by molar-refractivity contribution is 7.82. The van der Waals surface area contributed by atoms with Crippen molar-refractivity contribution in [3.05, 3.63) is 93.4 Å². The topological polar surface area (TPSA) is 347 Å². The molecule has 1 heterocycles. The molecule has 1 aliphatic heterocycles. The summed E-state index contributed by atoms with van der Waals surface area (Å²) in [6.07, 6.45) is -9.39. The van der Waals surface area contributed by atoms with Crippen LogP contribution in [0.3, 0.4) is 0 Å². The van der Waals surface area contributed by atoms with Crippen LogP contribution < -0.4 is 23.2 Å². The fraction of sp³-hybridized carbons (Fsp3) is 0.452. The first-order valence-electron chi connectivity index (χ1n) is 20.7. The Hall–Kier alpha value is -6.39. The van der Waals surface area contributed by atoms with Gasteiger partial charge in [-0.25, -0.2) is 8.42 Å². The maximum Gasteiger partial charge on any atom is 0.501 e. The zero-order valence-electron chi connectivity index (χ0n) is 38.3. The Morgan fingerprint density at radius 2 is 1.39 bits per heavy atom. The molecule has 0 saturated carbocycles. The summed E-state index contributed by atoms with van der Waals surface area (Å²) in [7, 11) is -5.15. The summed E-state index contributed by atoms with van der Waals surface area (Å²) in [5.41, 5.74) is 9.61. The number of rotatable bonds is 25. The molecule has 25 nitrogen and oxygen atoms in total.